The van der Waals surface area contributed by atoms with E-state index < -0.39 is 46.9 Å². The van der Waals surface area contributed by atoms with Crippen LogP contribution < -0.4 is 0 Å². The molecular weight excluding hydrogens is 310 g/mol. The van der Waals surface area contributed by atoms with Crippen LogP contribution in [0.25, 0.3) is 0 Å². The van der Waals surface area contributed by atoms with Gasteiger partial charge in [-0.2, -0.15) is 17.6 Å². The highest BCUT2D eigenvalue weighted by Gasteiger charge is 2.63. The van der Waals surface area contributed by atoms with Crippen molar-refractivity contribution in [1.29, 1.82) is 0 Å². The van der Waals surface area contributed by atoms with Gasteiger partial charge in [0.1, 0.15) is 0 Å². The van der Waals surface area contributed by atoms with Crippen molar-refractivity contribution in [3.05, 3.63) is 34.9 Å². The smallest absolute Gasteiger partial charge is 0.373 e. The predicted molar refractivity (Wildman–Crippen MR) is 55.2 cm³/mol. The first-order valence-corrected chi connectivity index (χ1v) is 5.07. The molecule has 0 radical (unpaired) electrons. The van der Waals surface area contributed by atoms with Crippen molar-refractivity contribution in [3.8, 4) is 0 Å². The Bertz CT molecular complexity index is 584. The number of carboxylic acids is 2. The molecule has 0 saturated carbocycles. The third-order valence-corrected chi connectivity index (χ3v) is 2.54. The van der Waals surface area contributed by atoms with Crippen LogP contribution in [-0.4, -0.2) is 34.5 Å². The van der Waals surface area contributed by atoms with Crippen LogP contribution in [0.1, 0.15) is 26.3 Å². The minimum Gasteiger partial charge on any atom is -0.478 e. The summed E-state index contributed by atoms with van der Waals surface area (Å²) in [5.41, 5.74) is -3.89. The number of rotatable bonds is 5. The standard InChI is InChI=1S/C11H6F6O4/c12-9(13)11(16,17)10(14,15)4-1-2-5(7(18)19)6(3-4)8(20)21/h1-3,9H,(H,18,19)(H,20,21). The zero-order valence-electron chi connectivity index (χ0n) is 9.79. The molecule has 0 aliphatic rings. The summed E-state index contributed by atoms with van der Waals surface area (Å²) in [4.78, 5) is 21.4. The van der Waals surface area contributed by atoms with Gasteiger partial charge in [-0.15, -0.1) is 0 Å². The zero-order chi connectivity index (χ0) is 16.6. The first-order chi connectivity index (χ1) is 9.42. The molecule has 0 aliphatic carbocycles. The Morgan fingerprint density at radius 3 is 1.81 bits per heavy atom. The predicted octanol–water partition coefficient (Wildman–Crippen LogP) is 3.08. The van der Waals surface area contributed by atoms with E-state index in [-0.39, 0.29) is 12.1 Å². The molecule has 0 heterocycles. The molecule has 0 saturated heterocycles. The molecule has 1 aromatic rings. The van der Waals surface area contributed by atoms with Crippen LogP contribution in [0.4, 0.5) is 26.3 Å². The fraction of sp³-hybridized carbons (Fsp3) is 0.273. The lowest BCUT2D eigenvalue weighted by molar-refractivity contribution is -0.270. The van der Waals surface area contributed by atoms with Crippen molar-refractivity contribution in [2.24, 2.45) is 0 Å². The second kappa shape index (κ2) is 5.26. The number of hydrogen-bond acceptors (Lipinski definition) is 2. The van der Waals surface area contributed by atoms with Gasteiger partial charge in [0.25, 0.3) is 0 Å². The fourth-order valence-corrected chi connectivity index (χ4v) is 1.43. The van der Waals surface area contributed by atoms with Gasteiger partial charge in [-0.1, -0.05) is 6.07 Å². The first-order valence-electron chi connectivity index (χ1n) is 5.07. The molecule has 0 atom stereocenters. The van der Waals surface area contributed by atoms with Crippen LogP contribution in [0, 0.1) is 0 Å². The minimum absolute atomic E-state index is 0.0674. The second-order valence-electron chi connectivity index (χ2n) is 3.87. The molecule has 0 bridgehead atoms. The van der Waals surface area contributed by atoms with Gasteiger partial charge in [-0.05, 0) is 12.1 Å². The van der Waals surface area contributed by atoms with E-state index in [4.69, 9.17) is 10.2 Å². The molecule has 0 unspecified atom stereocenters. The summed E-state index contributed by atoms with van der Waals surface area (Å²) in [6.45, 7) is 0. The minimum atomic E-state index is -5.74. The van der Waals surface area contributed by atoms with E-state index in [1.807, 2.05) is 0 Å². The SMILES string of the molecule is O=C(O)c1ccc(C(F)(F)C(F)(F)C(F)F)cc1C(=O)O. The summed E-state index contributed by atoms with van der Waals surface area (Å²) >= 11 is 0. The quantitative estimate of drug-likeness (QED) is 0.819. The number of alkyl halides is 6. The van der Waals surface area contributed by atoms with E-state index in [9.17, 15) is 35.9 Å². The summed E-state index contributed by atoms with van der Waals surface area (Å²) in [6, 6.07) is 0.421. The number of halogens is 6. The lowest BCUT2D eigenvalue weighted by atomic mass is 9.97. The lowest BCUT2D eigenvalue weighted by Crippen LogP contribution is -2.44. The molecular formula is C11H6F6O4. The lowest BCUT2D eigenvalue weighted by Gasteiger charge is -2.26. The summed E-state index contributed by atoms with van der Waals surface area (Å²) in [5, 5.41) is 17.3. The van der Waals surface area contributed by atoms with Crippen molar-refractivity contribution >= 4 is 11.9 Å². The van der Waals surface area contributed by atoms with Crippen LogP contribution in [-0.2, 0) is 5.92 Å². The van der Waals surface area contributed by atoms with Gasteiger partial charge in [0.2, 0.25) is 0 Å². The summed E-state index contributed by atoms with van der Waals surface area (Å²) in [5.74, 6) is -14.9. The van der Waals surface area contributed by atoms with Crippen molar-refractivity contribution in [2.75, 3.05) is 0 Å². The maximum absolute atomic E-state index is 13.4. The Kier molecular flexibility index (Phi) is 4.21. The maximum Gasteiger partial charge on any atom is 0.373 e. The number of aromatic carboxylic acids is 2. The molecule has 0 aromatic heterocycles. The Labute approximate surface area is 112 Å². The van der Waals surface area contributed by atoms with E-state index in [1.54, 1.807) is 0 Å². The molecule has 116 valence electrons. The molecule has 1 aromatic carbocycles. The number of carbonyl (C=O) groups is 2. The van der Waals surface area contributed by atoms with E-state index in [2.05, 4.69) is 0 Å². The normalized spacial score (nSPS) is 12.5. The highest BCUT2D eigenvalue weighted by Crippen LogP contribution is 2.46. The van der Waals surface area contributed by atoms with Crippen LogP contribution in [0.5, 0.6) is 0 Å². The topological polar surface area (TPSA) is 74.6 Å². The second-order valence-corrected chi connectivity index (χ2v) is 3.87. The molecule has 0 aliphatic heterocycles. The van der Waals surface area contributed by atoms with Gasteiger partial charge in [0.05, 0.1) is 11.1 Å². The average molecular weight is 316 g/mol. The van der Waals surface area contributed by atoms with Crippen molar-refractivity contribution < 1.29 is 46.1 Å². The molecule has 2 N–H and O–H groups in total. The highest BCUT2D eigenvalue weighted by atomic mass is 19.3. The van der Waals surface area contributed by atoms with Gasteiger partial charge in [0, 0.05) is 5.56 Å². The van der Waals surface area contributed by atoms with E-state index in [0.717, 1.165) is 0 Å². The Morgan fingerprint density at radius 2 is 1.43 bits per heavy atom. The summed E-state index contributed by atoms with van der Waals surface area (Å²) < 4.78 is 76.5. The van der Waals surface area contributed by atoms with Crippen LogP contribution in [0.3, 0.4) is 0 Å². The Balaban J connectivity index is 3.49. The van der Waals surface area contributed by atoms with Crippen LogP contribution >= 0.6 is 0 Å². The maximum atomic E-state index is 13.4. The van der Waals surface area contributed by atoms with Crippen molar-refractivity contribution in [3.63, 3.8) is 0 Å². The summed E-state index contributed by atoms with van der Waals surface area (Å²) in [7, 11) is 0. The van der Waals surface area contributed by atoms with Gasteiger partial charge >= 0.3 is 30.2 Å². The number of carboxylic acid groups (broad SMARTS) is 2. The highest BCUT2D eigenvalue weighted by molar-refractivity contribution is 6.01. The van der Waals surface area contributed by atoms with Gasteiger partial charge in [0.15, 0.2) is 0 Å². The number of hydrogen-bond donors (Lipinski definition) is 2. The van der Waals surface area contributed by atoms with Gasteiger partial charge < -0.3 is 10.2 Å². The van der Waals surface area contributed by atoms with E-state index >= 15 is 0 Å². The van der Waals surface area contributed by atoms with Crippen LogP contribution in [0.2, 0.25) is 0 Å². The van der Waals surface area contributed by atoms with Gasteiger partial charge in [-0.3, -0.25) is 0 Å². The number of benzene rings is 1. The molecule has 1 rings (SSSR count). The third-order valence-electron chi connectivity index (χ3n) is 2.54. The van der Waals surface area contributed by atoms with Crippen molar-refractivity contribution in [2.45, 2.75) is 18.3 Å². The van der Waals surface area contributed by atoms with E-state index in [1.165, 1.54) is 0 Å². The molecule has 0 amide bonds. The zero-order valence-corrected chi connectivity index (χ0v) is 9.79. The summed E-state index contributed by atoms with van der Waals surface area (Å²) in [6.07, 6.45) is -4.69. The average Bonchev–Trinajstić information content (AvgIpc) is 2.37. The third kappa shape index (κ3) is 2.78. The van der Waals surface area contributed by atoms with Crippen LogP contribution in [0.15, 0.2) is 18.2 Å². The Hall–Kier alpha value is -2.26. The molecule has 0 fully saturated rings. The molecule has 4 nitrogen and oxygen atoms in total. The molecule has 21 heavy (non-hydrogen) atoms. The van der Waals surface area contributed by atoms with E-state index in [0.29, 0.717) is 6.07 Å². The fourth-order valence-electron chi connectivity index (χ4n) is 1.43. The Morgan fingerprint density at radius 1 is 0.952 bits per heavy atom. The first kappa shape index (κ1) is 16.8. The largest absolute Gasteiger partial charge is 0.478 e. The monoisotopic (exact) mass is 316 g/mol. The van der Waals surface area contributed by atoms with Gasteiger partial charge in [-0.25, -0.2) is 18.4 Å². The molecule has 0 spiro atoms. The molecule has 10 heteroatoms. The van der Waals surface area contributed by atoms with Crippen molar-refractivity contribution in [1.82, 2.24) is 0 Å².